The molecule has 0 heterocycles. The second-order valence-corrected chi connectivity index (χ2v) is 4.51. The first-order chi connectivity index (χ1) is 9.47. The summed E-state index contributed by atoms with van der Waals surface area (Å²) >= 11 is 0. The molecule has 1 unspecified atom stereocenters. The number of hydrogen-bond acceptors (Lipinski definition) is 4. The van der Waals surface area contributed by atoms with Gasteiger partial charge in [-0.15, -0.1) is 0 Å². The van der Waals surface area contributed by atoms with Gasteiger partial charge in [-0.2, -0.15) is 0 Å². The fraction of sp³-hybridized carbons (Fsp3) is 0.429. The second-order valence-electron chi connectivity index (χ2n) is 4.51. The Bertz CT molecular complexity index is 476. The predicted molar refractivity (Wildman–Crippen MR) is 76.5 cm³/mol. The van der Waals surface area contributed by atoms with Gasteiger partial charge in [-0.3, -0.25) is 15.0 Å². The lowest BCUT2D eigenvalue weighted by molar-refractivity contribution is -0.124. The smallest absolute Gasteiger partial charge is 0.321 e. The third-order valence-electron chi connectivity index (χ3n) is 3.07. The standard InChI is InChI=1S/C14H21N3O3/c1-10(13(18)16-14(19)15-2)17(3)9-11-6-5-7-12(8-11)20-4/h5-8,10H,9H2,1-4H3,(H2,15,16,18,19). The third kappa shape index (κ3) is 4.55. The van der Waals surface area contributed by atoms with Gasteiger partial charge in [-0.1, -0.05) is 12.1 Å². The molecule has 1 rings (SSSR count). The molecule has 0 aliphatic carbocycles. The summed E-state index contributed by atoms with van der Waals surface area (Å²) in [4.78, 5) is 24.8. The number of amides is 3. The Kier molecular flexibility index (Phi) is 5.99. The first-order valence-electron chi connectivity index (χ1n) is 6.33. The zero-order chi connectivity index (χ0) is 15.1. The highest BCUT2D eigenvalue weighted by Gasteiger charge is 2.19. The van der Waals surface area contributed by atoms with Crippen LogP contribution in [-0.2, 0) is 11.3 Å². The SMILES string of the molecule is CNC(=O)NC(=O)C(C)N(C)Cc1cccc(OC)c1. The van der Waals surface area contributed by atoms with E-state index in [1.165, 1.54) is 7.05 Å². The number of benzene rings is 1. The van der Waals surface area contributed by atoms with Crippen molar-refractivity contribution in [3.63, 3.8) is 0 Å². The Morgan fingerprint density at radius 3 is 2.70 bits per heavy atom. The molecule has 0 fully saturated rings. The monoisotopic (exact) mass is 279 g/mol. The number of nitrogens with zero attached hydrogens (tertiary/aromatic N) is 1. The molecule has 0 radical (unpaired) electrons. The van der Waals surface area contributed by atoms with Crippen molar-refractivity contribution in [2.75, 3.05) is 21.2 Å². The van der Waals surface area contributed by atoms with Crippen molar-refractivity contribution in [2.24, 2.45) is 0 Å². The van der Waals surface area contributed by atoms with Gasteiger partial charge in [-0.25, -0.2) is 4.79 Å². The fourth-order valence-corrected chi connectivity index (χ4v) is 1.67. The van der Waals surface area contributed by atoms with Crippen LogP contribution in [0.1, 0.15) is 12.5 Å². The number of methoxy groups -OCH3 is 1. The summed E-state index contributed by atoms with van der Waals surface area (Å²) in [5.41, 5.74) is 1.03. The highest BCUT2D eigenvalue weighted by Crippen LogP contribution is 2.14. The van der Waals surface area contributed by atoms with E-state index in [0.717, 1.165) is 11.3 Å². The molecule has 2 N–H and O–H groups in total. The maximum Gasteiger partial charge on any atom is 0.321 e. The molecule has 0 spiro atoms. The molecule has 1 atom stereocenters. The van der Waals surface area contributed by atoms with E-state index < -0.39 is 12.1 Å². The number of carbonyl (C=O) groups is 2. The lowest BCUT2D eigenvalue weighted by Crippen LogP contribution is -2.47. The van der Waals surface area contributed by atoms with Crippen molar-refractivity contribution in [2.45, 2.75) is 19.5 Å². The Morgan fingerprint density at radius 1 is 1.40 bits per heavy atom. The summed E-state index contributed by atoms with van der Waals surface area (Å²) in [5.74, 6) is 0.438. The van der Waals surface area contributed by atoms with Crippen molar-refractivity contribution in [3.8, 4) is 5.75 Å². The van der Waals surface area contributed by atoms with Gasteiger partial charge in [0.15, 0.2) is 0 Å². The molecule has 1 aromatic rings. The summed E-state index contributed by atoms with van der Waals surface area (Å²) in [5, 5.41) is 4.61. The molecule has 0 aromatic heterocycles. The van der Waals surface area contributed by atoms with E-state index in [4.69, 9.17) is 4.74 Å². The number of urea groups is 1. The minimum absolute atomic E-state index is 0.338. The van der Waals surface area contributed by atoms with Crippen LogP contribution < -0.4 is 15.4 Å². The van der Waals surface area contributed by atoms with E-state index in [-0.39, 0.29) is 5.91 Å². The predicted octanol–water partition coefficient (Wildman–Crippen LogP) is 0.971. The molecular weight excluding hydrogens is 258 g/mol. The average Bonchev–Trinajstić information content (AvgIpc) is 2.46. The van der Waals surface area contributed by atoms with E-state index in [1.807, 2.05) is 36.2 Å². The van der Waals surface area contributed by atoms with Crippen LogP contribution in [0.5, 0.6) is 5.75 Å². The fourth-order valence-electron chi connectivity index (χ4n) is 1.67. The Hall–Kier alpha value is -2.08. The zero-order valence-corrected chi connectivity index (χ0v) is 12.3. The van der Waals surface area contributed by atoms with Crippen LogP contribution >= 0.6 is 0 Å². The first-order valence-corrected chi connectivity index (χ1v) is 6.33. The van der Waals surface area contributed by atoms with Gasteiger partial charge in [-0.05, 0) is 31.7 Å². The molecule has 6 heteroatoms. The first kappa shape index (κ1) is 16.0. The summed E-state index contributed by atoms with van der Waals surface area (Å²) in [6.45, 7) is 2.33. The molecule has 3 amide bonds. The number of likely N-dealkylation sites (N-methyl/N-ethyl adjacent to an activating group) is 1. The van der Waals surface area contributed by atoms with E-state index in [1.54, 1.807) is 14.0 Å². The van der Waals surface area contributed by atoms with Crippen LogP contribution in [-0.4, -0.2) is 44.1 Å². The summed E-state index contributed by atoms with van der Waals surface area (Å²) in [7, 11) is 4.91. The number of rotatable bonds is 5. The molecule has 1 aromatic carbocycles. The second kappa shape index (κ2) is 7.49. The van der Waals surface area contributed by atoms with Crippen LogP contribution in [0.15, 0.2) is 24.3 Å². The largest absolute Gasteiger partial charge is 0.497 e. The molecule has 0 aliphatic rings. The van der Waals surface area contributed by atoms with Gasteiger partial charge in [0.25, 0.3) is 0 Å². The quantitative estimate of drug-likeness (QED) is 0.842. The van der Waals surface area contributed by atoms with E-state index in [2.05, 4.69) is 10.6 Å². The molecule has 20 heavy (non-hydrogen) atoms. The van der Waals surface area contributed by atoms with Gasteiger partial charge in [0.1, 0.15) is 5.75 Å². The van der Waals surface area contributed by atoms with Crippen molar-refractivity contribution in [1.29, 1.82) is 0 Å². The molecule has 0 saturated heterocycles. The maximum atomic E-state index is 11.8. The zero-order valence-electron chi connectivity index (χ0n) is 12.3. The normalized spacial score (nSPS) is 11.8. The average molecular weight is 279 g/mol. The number of carbonyl (C=O) groups excluding carboxylic acids is 2. The van der Waals surface area contributed by atoms with E-state index in [9.17, 15) is 9.59 Å². The van der Waals surface area contributed by atoms with E-state index in [0.29, 0.717) is 6.54 Å². The Labute approximate surface area is 119 Å². The van der Waals surface area contributed by atoms with Crippen molar-refractivity contribution in [1.82, 2.24) is 15.5 Å². The van der Waals surface area contributed by atoms with Crippen LogP contribution in [0.2, 0.25) is 0 Å². The highest BCUT2D eigenvalue weighted by atomic mass is 16.5. The summed E-state index contributed by atoms with van der Waals surface area (Å²) in [6.07, 6.45) is 0. The topological polar surface area (TPSA) is 70.7 Å². The molecular formula is C14H21N3O3. The van der Waals surface area contributed by atoms with Crippen LogP contribution in [0.25, 0.3) is 0 Å². The summed E-state index contributed by atoms with van der Waals surface area (Å²) in [6, 6.07) is 6.72. The minimum Gasteiger partial charge on any atom is -0.497 e. The summed E-state index contributed by atoms with van der Waals surface area (Å²) < 4.78 is 5.16. The maximum absolute atomic E-state index is 11.8. The highest BCUT2D eigenvalue weighted by molar-refractivity contribution is 5.96. The minimum atomic E-state index is -0.503. The van der Waals surface area contributed by atoms with Crippen LogP contribution in [0.4, 0.5) is 4.79 Å². The van der Waals surface area contributed by atoms with Crippen molar-refractivity contribution in [3.05, 3.63) is 29.8 Å². The number of hydrogen-bond donors (Lipinski definition) is 2. The van der Waals surface area contributed by atoms with Crippen LogP contribution in [0, 0.1) is 0 Å². The number of ether oxygens (including phenoxy) is 1. The van der Waals surface area contributed by atoms with Gasteiger partial charge in [0, 0.05) is 13.6 Å². The van der Waals surface area contributed by atoms with Gasteiger partial charge < -0.3 is 10.1 Å². The van der Waals surface area contributed by atoms with Crippen LogP contribution in [0.3, 0.4) is 0 Å². The Balaban J connectivity index is 2.62. The molecule has 6 nitrogen and oxygen atoms in total. The van der Waals surface area contributed by atoms with Crippen molar-refractivity contribution < 1.29 is 14.3 Å². The number of imide groups is 1. The van der Waals surface area contributed by atoms with Gasteiger partial charge in [0.05, 0.1) is 13.2 Å². The Morgan fingerprint density at radius 2 is 2.10 bits per heavy atom. The van der Waals surface area contributed by atoms with Gasteiger partial charge in [0.2, 0.25) is 5.91 Å². The number of nitrogens with one attached hydrogen (secondary N) is 2. The van der Waals surface area contributed by atoms with Gasteiger partial charge >= 0.3 is 6.03 Å². The third-order valence-corrected chi connectivity index (χ3v) is 3.07. The molecule has 0 saturated carbocycles. The lowest BCUT2D eigenvalue weighted by atomic mass is 10.2. The molecule has 0 aliphatic heterocycles. The lowest BCUT2D eigenvalue weighted by Gasteiger charge is -2.23. The molecule has 110 valence electrons. The van der Waals surface area contributed by atoms with Crippen molar-refractivity contribution >= 4 is 11.9 Å². The van der Waals surface area contributed by atoms with E-state index >= 15 is 0 Å². The molecule has 0 bridgehead atoms.